The highest BCUT2D eigenvalue weighted by Gasteiger charge is 2.06. The lowest BCUT2D eigenvalue weighted by Gasteiger charge is -2.09. The molecule has 1 amide bonds. The van der Waals surface area contributed by atoms with E-state index in [1.807, 2.05) is 49.4 Å². The van der Waals surface area contributed by atoms with Gasteiger partial charge < -0.3 is 14.8 Å². The monoisotopic (exact) mass is 362 g/mol. The van der Waals surface area contributed by atoms with Crippen LogP contribution in [0.3, 0.4) is 0 Å². The highest BCUT2D eigenvalue weighted by atomic mass is 16.5. The van der Waals surface area contributed by atoms with Crippen molar-refractivity contribution in [3.8, 4) is 11.5 Å². The Balaban J connectivity index is 1.48. The number of hydrogen-bond donors (Lipinski definition) is 1. The minimum absolute atomic E-state index is 0.117. The van der Waals surface area contributed by atoms with Gasteiger partial charge in [-0.15, -0.1) is 0 Å². The van der Waals surface area contributed by atoms with E-state index in [0.29, 0.717) is 25.3 Å². The fourth-order valence-electron chi connectivity index (χ4n) is 2.50. The quantitative estimate of drug-likeness (QED) is 0.658. The number of nitrogens with one attached hydrogen (secondary N) is 1. The molecule has 0 atom stereocenters. The summed E-state index contributed by atoms with van der Waals surface area (Å²) < 4.78 is 11.1. The average molecular weight is 362 g/mol. The Morgan fingerprint density at radius 2 is 1.63 bits per heavy atom. The minimum Gasteiger partial charge on any atom is -0.494 e. The first-order valence-corrected chi connectivity index (χ1v) is 8.87. The third kappa shape index (κ3) is 5.57. The Morgan fingerprint density at radius 1 is 0.926 bits per heavy atom. The van der Waals surface area contributed by atoms with Crippen LogP contribution in [0.5, 0.6) is 11.5 Å². The molecule has 0 unspecified atom stereocenters. The second-order valence-corrected chi connectivity index (χ2v) is 5.89. The van der Waals surface area contributed by atoms with Crippen molar-refractivity contribution in [3.05, 3.63) is 89.7 Å². The summed E-state index contributed by atoms with van der Waals surface area (Å²) in [6, 6.07) is 20.5. The smallest absolute Gasteiger partial charge is 0.251 e. The van der Waals surface area contributed by atoms with Crippen LogP contribution in [-0.4, -0.2) is 17.5 Å². The number of nitrogens with zero attached hydrogens (tertiary/aromatic N) is 1. The van der Waals surface area contributed by atoms with E-state index in [1.165, 1.54) is 0 Å². The number of rotatable bonds is 8. The van der Waals surface area contributed by atoms with E-state index in [2.05, 4.69) is 10.3 Å². The third-order valence-electron chi connectivity index (χ3n) is 3.92. The zero-order valence-corrected chi connectivity index (χ0v) is 15.2. The molecule has 0 radical (unpaired) electrons. The van der Waals surface area contributed by atoms with Crippen LogP contribution in [-0.2, 0) is 13.2 Å². The molecular weight excluding hydrogens is 340 g/mol. The molecule has 5 nitrogen and oxygen atoms in total. The van der Waals surface area contributed by atoms with E-state index in [1.54, 1.807) is 30.5 Å². The summed E-state index contributed by atoms with van der Waals surface area (Å²) in [5.41, 5.74) is 2.48. The summed E-state index contributed by atoms with van der Waals surface area (Å²) in [4.78, 5) is 16.5. The van der Waals surface area contributed by atoms with Crippen molar-refractivity contribution in [3.63, 3.8) is 0 Å². The van der Waals surface area contributed by atoms with Crippen LogP contribution in [0.15, 0.2) is 72.9 Å². The first kappa shape index (κ1) is 18.5. The van der Waals surface area contributed by atoms with Crippen LogP contribution in [0.1, 0.15) is 28.5 Å². The van der Waals surface area contributed by atoms with Crippen molar-refractivity contribution >= 4 is 5.91 Å². The van der Waals surface area contributed by atoms with Gasteiger partial charge in [-0.2, -0.15) is 0 Å². The van der Waals surface area contributed by atoms with Gasteiger partial charge in [0.25, 0.3) is 5.91 Å². The topological polar surface area (TPSA) is 60.5 Å². The number of ether oxygens (including phenoxy) is 2. The van der Waals surface area contributed by atoms with Gasteiger partial charge >= 0.3 is 0 Å². The van der Waals surface area contributed by atoms with E-state index in [9.17, 15) is 4.79 Å². The first-order chi connectivity index (χ1) is 13.2. The number of amides is 1. The molecule has 0 aliphatic heterocycles. The molecule has 0 bridgehead atoms. The molecule has 1 aromatic heterocycles. The molecular formula is C22H22N2O3. The maximum atomic E-state index is 12.2. The fraction of sp³-hybridized carbons (Fsp3) is 0.182. The van der Waals surface area contributed by atoms with Crippen molar-refractivity contribution in [1.29, 1.82) is 0 Å². The molecule has 5 heteroatoms. The highest BCUT2D eigenvalue weighted by Crippen LogP contribution is 2.15. The molecule has 138 valence electrons. The van der Waals surface area contributed by atoms with E-state index >= 15 is 0 Å². The van der Waals surface area contributed by atoms with Crippen LogP contribution in [0.2, 0.25) is 0 Å². The second kappa shape index (κ2) is 9.38. The fourth-order valence-corrected chi connectivity index (χ4v) is 2.50. The van der Waals surface area contributed by atoms with Crippen LogP contribution in [0.4, 0.5) is 0 Å². The molecule has 2 aromatic carbocycles. The number of hydrogen-bond acceptors (Lipinski definition) is 4. The number of carbonyl (C=O) groups is 1. The number of pyridine rings is 1. The SMILES string of the molecule is CCOc1ccc(C(=O)NCc2ccc(OCc3ccccn3)cc2)cc1. The summed E-state index contributed by atoms with van der Waals surface area (Å²) in [7, 11) is 0. The van der Waals surface area contributed by atoms with Crippen LogP contribution in [0, 0.1) is 0 Å². The van der Waals surface area contributed by atoms with Gasteiger partial charge in [0, 0.05) is 18.3 Å². The Bertz CT molecular complexity index is 847. The van der Waals surface area contributed by atoms with Crippen molar-refractivity contribution in [2.24, 2.45) is 0 Å². The number of carbonyl (C=O) groups excluding carboxylic acids is 1. The predicted molar refractivity (Wildman–Crippen MR) is 104 cm³/mol. The molecule has 3 rings (SSSR count). The molecule has 0 aliphatic carbocycles. The number of aromatic nitrogens is 1. The number of benzene rings is 2. The Hall–Kier alpha value is -3.34. The van der Waals surface area contributed by atoms with Crippen molar-refractivity contribution in [2.45, 2.75) is 20.1 Å². The summed E-state index contributed by atoms with van der Waals surface area (Å²) in [6.07, 6.45) is 1.74. The van der Waals surface area contributed by atoms with Gasteiger partial charge in [0.1, 0.15) is 18.1 Å². The predicted octanol–water partition coefficient (Wildman–Crippen LogP) is 3.99. The summed E-state index contributed by atoms with van der Waals surface area (Å²) in [5, 5.41) is 2.91. The molecule has 0 fully saturated rings. The Labute approximate surface area is 159 Å². The first-order valence-electron chi connectivity index (χ1n) is 8.87. The maximum Gasteiger partial charge on any atom is 0.251 e. The lowest BCUT2D eigenvalue weighted by molar-refractivity contribution is 0.0951. The second-order valence-electron chi connectivity index (χ2n) is 5.89. The highest BCUT2D eigenvalue weighted by molar-refractivity contribution is 5.94. The van der Waals surface area contributed by atoms with Gasteiger partial charge in [-0.25, -0.2) is 0 Å². The maximum absolute atomic E-state index is 12.2. The van der Waals surface area contributed by atoms with Gasteiger partial charge in [-0.3, -0.25) is 9.78 Å². The van der Waals surface area contributed by atoms with Gasteiger partial charge in [0.2, 0.25) is 0 Å². The van der Waals surface area contributed by atoms with E-state index in [4.69, 9.17) is 9.47 Å². The summed E-state index contributed by atoms with van der Waals surface area (Å²) in [5.74, 6) is 1.41. The molecule has 1 heterocycles. The van der Waals surface area contributed by atoms with Crippen molar-refractivity contribution < 1.29 is 14.3 Å². The Kier molecular flexibility index (Phi) is 6.41. The van der Waals surface area contributed by atoms with E-state index < -0.39 is 0 Å². The molecule has 3 aromatic rings. The van der Waals surface area contributed by atoms with Gasteiger partial charge in [0.05, 0.1) is 12.3 Å². The summed E-state index contributed by atoms with van der Waals surface area (Å²) in [6.45, 7) is 3.41. The van der Waals surface area contributed by atoms with Gasteiger partial charge in [0.15, 0.2) is 0 Å². The minimum atomic E-state index is -0.117. The standard InChI is InChI=1S/C22H22N2O3/c1-2-26-20-12-8-18(9-13-20)22(25)24-15-17-6-10-21(11-7-17)27-16-19-5-3-4-14-23-19/h3-14H,2,15-16H2,1H3,(H,24,25). The lowest BCUT2D eigenvalue weighted by atomic mass is 10.2. The molecule has 0 saturated carbocycles. The molecule has 27 heavy (non-hydrogen) atoms. The molecule has 0 aliphatic rings. The van der Waals surface area contributed by atoms with E-state index in [-0.39, 0.29) is 5.91 Å². The zero-order chi connectivity index (χ0) is 18.9. The Morgan fingerprint density at radius 3 is 2.30 bits per heavy atom. The molecule has 0 spiro atoms. The summed E-state index contributed by atoms with van der Waals surface area (Å²) >= 11 is 0. The largest absolute Gasteiger partial charge is 0.494 e. The van der Waals surface area contributed by atoms with Gasteiger partial charge in [-0.1, -0.05) is 18.2 Å². The van der Waals surface area contributed by atoms with Gasteiger partial charge in [-0.05, 0) is 61.0 Å². The van der Waals surface area contributed by atoms with Crippen molar-refractivity contribution in [1.82, 2.24) is 10.3 Å². The average Bonchev–Trinajstić information content (AvgIpc) is 2.73. The third-order valence-corrected chi connectivity index (χ3v) is 3.92. The molecule has 0 saturated heterocycles. The van der Waals surface area contributed by atoms with E-state index in [0.717, 1.165) is 22.8 Å². The molecule has 1 N–H and O–H groups in total. The zero-order valence-electron chi connectivity index (χ0n) is 15.2. The normalized spacial score (nSPS) is 10.3. The van der Waals surface area contributed by atoms with Crippen molar-refractivity contribution in [2.75, 3.05) is 6.61 Å². The van der Waals surface area contributed by atoms with Crippen LogP contribution < -0.4 is 14.8 Å². The van der Waals surface area contributed by atoms with Crippen LogP contribution >= 0.6 is 0 Å². The van der Waals surface area contributed by atoms with Crippen LogP contribution in [0.25, 0.3) is 0 Å². The lowest BCUT2D eigenvalue weighted by Crippen LogP contribution is -2.22.